The Balaban J connectivity index is 1.58. The molecule has 146 valence electrons. The number of methoxy groups -OCH3 is 1. The Morgan fingerprint density at radius 1 is 1.18 bits per heavy atom. The normalized spacial score (nSPS) is 13.1. The summed E-state index contributed by atoms with van der Waals surface area (Å²) >= 11 is 4.96. The Labute approximate surface area is 175 Å². The predicted octanol–water partition coefficient (Wildman–Crippen LogP) is 3.93. The van der Waals surface area contributed by atoms with Crippen molar-refractivity contribution in [1.29, 1.82) is 0 Å². The van der Waals surface area contributed by atoms with Crippen LogP contribution < -0.4 is 15.4 Å². The zero-order valence-corrected chi connectivity index (χ0v) is 17.6. The SMILES string of the molecule is COc1ccc(Br)cc1CNC(=O)c1ccc(NC(=O)C2=CSCCO2)cc1. The molecule has 0 radical (unpaired) electrons. The first-order valence-electron chi connectivity index (χ1n) is 8.53. The van der Waals surface area contributed by atoms with Crippen molar-refractivity contribution in [2.24, 2.45) is 0 Å². The van der Waals surface area contributed by atoms with Crippen LogP contribution in [0.15, 0.2) is 58.1 Å². The number of hydrogen-bond donors (Lipinski definition) is 2. The zero-order chi connectivity index (χ0) is 19.9. The van der Waals surface area contributed by atoms with Crippen LogP contribution in [0, 0.1) is 0 Å². The fourth-order valence-electron chi connectivity index (χ4n) is 2.55. The second kappa shape index (κ2) is 9.66. The van der Waals surface area contributed by atoms with Gasteiger partial charge in [0.1, 0.15) is 5.75 Å². The summed E-state index contributed by atoms with van der Waals surface area (Å²) in [7, 11) is 1.59. The first-order chi connectivity index (χ1) is 13.6. The lowest BCUT2D eigenvalue weighted by atomic mass is 10.1. The number of halogens is 1. The zero-order valence-electron chi connectivity index (χ0n) is 15.2. The molecule has 1 aliphatic heterocycles. The van der Waals surface area contributed by atoms with Gasteiger partial charge in [-0.3, -0.25) is 9.59 Å². The Bertz CT molecular complexity index is 900. The van der Waals surface area contributed by atoms with Crippen molar-refractivity contribution in [2.45, 2.75) is 6.54 Å². The molecule has 3 rings (SSSR count). The highest BCUT2D eigenvalue weighted by atomic mass is 79.9. The molecule has 0 fully saturated rings. The molecule has 8 heteroatoms. The molecular weight excluding hydrogens is 444 g/mol. The van der Waals surface area contributed by atoms with Crippen LogP contribution in [0.3, 0.4) is 0 Å². The third kappa shape index (κ3) is 5.30. The molecule has 0 atom stereocenters. The van der Waals surface area contributed by atoms with Crippen LogP contribution in [0.1, 0.15) is 15.9 Å². The van der Waals surface area contributed by atoms with Gasteiger partial charge in [0, 0.05) is 39.0 Å². The van der Waals surface area contributed by atoms with E-state index in [1.54, 1.807) is 48.5 Å². The summed E-state index contributed by atoms with van der Waals surface area (Å²) in [5.41, 5.74) is 1.96. The first-order valence-corrected chi connectivity index (χ1v) is 10.4. The van der Waals surface area contributed by atoms with Crippen molar-refractivity contribution < 1.29 is 19.1 Å². The Morgan fingerprint density at radius 2 is 1.96 bits per heavy atom. The number of benzene rings is 2. The van der Waals surface area contributed by atoms with E-state index in [4.69, 9.17) is 9.47 Å². The summed E-state index contributed by atoms with van der Waals surface area (Å²) < 4.78 is 11.5. The smallest absolute Gasteiger partial charge is 0.291 e. The Hall–Kier alpha value is -2.45. The van der Waals surface area contributed by atoms with E-state index in [1.807, 2.05) is 18.2 Å². The summed E-state index contributed by atoms with van der Waals surface area (Å²) in [4.78, 5) is 24.5. The van der Waals surface area contributed by atoms with Crippen molar-refractivity contribution >= 4 is 45.2 Å². The van der Waals surface area contributed by atoms with E-state index in [9.17, 15) is 9.59 Å². The molecule has 2 amide bonds. The largest absolute Gasteiger partial charge is 0.496 e. The Morgan fingerprint density at radius 3 is 2.64 bits per heavy atom. The van der Waals surface area contributed by atoms with Crippen LogP contribution in [-0.2, 0) is 16.1 Å². The molecule has 2 aromatic rings. The van der Waals surface area contributed by atoms with E-state index in [2.05, 4.69) is 26.6 Å². The lowest BCUT2D eigenvalue weighted by molar-refractivity contribution is -0.116. The summed E-state index contributed by atoms with van der Waals surface area (Å²) in [6.45, 7) is 0.856. The summed E-state index contributed by atoms with van der Waals surface area (Å²) in [5, 5.41) is 7.33. The van der Waals surface area contributed by atoms with Gasteiger partial charge in [-0.05, 0) is 42.5 Å². The number of ether oxygens (including phenoxy) is 2. The monoisotopic (exact) mass is 462 g/mol. The van der Waals surface area contributed by atoms with Crippen LogP contribution in [-0.4, -0.2) is 31.3 Å². The molecule has 0 saturated heterocycles. The topological polar surface area (TPSA) is 76.7 Å². The van der Waals surface area contributed by atoms with Crippen molar-refractivity contribution in [3.63, 3.8) is 0 Å². The van der Waals surface area contributed by atoms with Gasteiger partial charge in [0.15, 0.2) is 5.76 Å². The highest BCUT2D eigenvalue weighted by Crippen LogP contribution is 2.23. The molecule has 2 N–H and O–H groups in total. The minimum Gasteiger partial charge on any atom is -0.496 e. The average molecular weight is 463 g/mol. The van der Waals surface area contributed by atoms with Crippen molar-refractivity contribution in [3.8, 4) is 5.75 Å². The van der Waals surface area contributed by atoms with Crippen LogP contribution in [0.25, 0.3) is 0 Å². The van der Waals surface area contributed by atoms with Gasteiger partial charge >= 0.3 is 0 Å². The fraction of sp³-hybridized carbons (Fsp3) is 0.200. The van der Waals surface area contributed by atoms with E-state index >= 15 is 0 Å². The van der Waals surface area contributed by atoms with Crippen molar-refractivity contribution in [1.82, 2.24) is 5.32 Å². The molecule has 1 heterocycles. The quantitative estimate of drug-likeness (QED) is 0.679. The number of amides is 2. The van der Waals surface area contributed by atoms with Gasteiger partial charge in [-0.1, -0.05) is 15.9 Å². The summed E-state index contributed by atoms with van der Waals surface area (Å²) in [6.07, 6.45) is 0. The van der Waals surface area contributed by atoms with E-state index in [-0.39, 0.29) is 11.8 Å². The number of rotatable bonds is 6. The van der Waals surface area contributed by atoms with E-state index in [0.29, 0.717) is 35.9 Å². The van der Waals surface area contributed by atoms with Crippen LogP contribution in [0.2, 0.25) is 0 Å². The fourth-order valence-corrected chi connectivity index (χ4v) is 3.58. The van der Waals surface area contributed by atoms with Gasteiger partial charge in [0.05, 0.1) is 13.7 Å². The molecule has 0 bridgehead atoms. The number of thioether (sulfide) groups is 1. The first kappa shape index (κ1) is 20.3. The molecule has 28 heavy (non-hydrogen) atoms. The summed E-state index contributed by atoms with van der Waals surface area (Å²) in [5.74, 6) is 1.34. The third-order valence-electron chi connectivity index (χ3n) is 3.96. The number of nitrogens with one attached hydrogen (secondary N) is 2. The number of carbonyl (C=O) groups excluding carboxylic acids is 2. The third-order valence-corrected chi connectivity index (χ3v) is 5.24. The van der Waals surface area contributed by atoms with Crippen LogP contribution in [0.4, 0.5) is 5.69 Å². The second-order valence-electron chi connectivity index (χ2n) is 5.87. The van der Waals surface area contributed by atoms with Gasteiger partial charge in [-0.25, -0.2) is 0 Å². The highest BCUT2D eigenvalue weighted by Gasteiger charge is 2.15. The lowest BCUT2D eigenvalue weighted by Crippen LogP contribution is -2.23. The molecule has 6 nitrogen and oxygen atoms in total. The minimum absolute atomic E-state index is 0.213. The molecule has 0 unspecified atom stereocenters. The lowest BCUT2D eigenvalue weighted by Gasteiger charge is -2.14. The molecule has 0 aliphatic carbocycles. The molecule has 2 aromatic carbocycles. The minimum atomic E-state index is -0.300. The maximum Gasteiger partial charge on any atom is 0.291 e. The standard InChI is InChI=1S/C20H19BrN2O4S/c1-26-17-7-4-15(21)10-14(17)11-22-19(24)13-2-5-16(6-3-13)23-20(25)18-12-28-9-8-27-18/h2-7,10,12H,8-9,11H2,1H3,(H,22,24)(H,23,25). The van der Waals surface area contributed by atoms with Gasteiger partial charge in [-0.15, -0.1) is 11.8 Å². The predicted molar refractivity (Wildman–Crippen MR) is 113 cm³/mol. The molecule has 0 saturated carbocycles. The van der Waals surface area contributed by atoms with Gasteiger partial charge in [0.2, 0.25) is 0 Å². The summed E-state index contributed by atoms with van der Waals surface area (Å²) in [6, 6.07) is 12.3. The Kier molecular flexibility index (Phi) is 7.00. The number of carbonyl (C=O) groups is 2. The van der Waals surface area contributed by atoms with Crippen molar-refractivity contribution in [3.05, 3.63) is 69.2 Å². The van der Waals surface area contributed by atoms with Gasteiger partial charge in [-0.2, -0.15) is 0 Å². The molecule has 0 spiro atoms. The number of hydrogen-bond acceptors (Lipinski definition) is 5. The second-order valence-corrected chi connectivity index (χ2v) is 7.76. The van der Waals surface area contributed by atoms with Crippen LogP contribution in [0.5, 0.6) is 5.75 Å². The van der Waals surface area contributed by atoms with Crippen molar-refractivity contribution in [2.75, 3.05) is 24.8 Å². The molecule has 1 aliphatic rings. The van der Waals surface area contributed by atoms with E-state index < -0.39 is 0 Å². The maximum atomic E-state index is 12.4. The number of anilines is 1. The highest BCUT2D eigenvalue weighted by molar-refractivity contribution is 9.10. The van der Waals surface area contributed by atoms with E-state index in [0.717, 1.165) is 15.8 Å². The molecular formula is C20H19BrN2O4S. The maximum absolute atomic E-state index is 12.4. The molecule has 0 aromatic heterocycles. The van der Waals surface area contributed by atoms with E-state index in [1.165, 1.54) is 0 Å². The van der Waals surface area contributed by atoms with Crippen LogP contribution >= 0.6 is 27.7 Å². The van der Waals surface area contributed by atoms with Gasteiger partial charge < -0.3 is 20.1 Å². The van der Waals surface area contributed by atoms with Gasteiger partial charge in [0.25, 0.3) is 11.8 Å². The average Bonchev–Trinajstić information content (AvgIpc) is 2.73.